The highest BCUT2D eigenvalue weighted by Gasteiger charge is 2.09. The van der Waals surface area contributed by atoms with Gasteiger partial charge >= 0.3 is 0 Å². The molecule has 0 saturated carbocycles. The van der Waals surface area contributed by atoms with Gasteiger partial charge in [-0.25, -0.2) is 0 Å². The van der Waals surface area contributed by atoms with Gasteiger partial charge in [-0.05, 0) is 20.8 Å². The monoisotopic (exact) mass is 224 g/mol. The standard InChI is InChI=1S/C12H20N2O2/c1-12(2,3)16-6-5-15-11-7-10(13-4)8-14-9-11/h7-9,13H,5-6H2,1-4H3. The summed E-state index contributed by atoms with van der Waals surface area (Å²) in [5.74, 6) is 0.754. The SMILES string of the molecule is CNc1cncc(OCCOC(C)(C)C)c1. The van der Waals surface area contributed by atoms with Crippen molar-refractivity contribution < 1.29 is 9.47 Å². The highest BCUT2D eigenvalue weighted by molar-refractivity contribution is 5.44. The molecule has 1 N–H and O–H groups in total. The van der Waals surface area contributed by atoms with E-state index in [0.29, 0.717) is 13.2 Å². The predicted molar refractivity (Wildman–Crippen MR) is 65.0 cm³/mol. The Morgan fingerprint density at radius 2 is 2.00 bits per heavy atom. The number of aromatic nitrogens is 1. The zero-order valence-corrected chi connectivity index (χ0v) is 10.4. The van der Waals surface area contributed by atoms with Gasteiger partial charge in [0.15, 0.2) is 0 Å². The molecule has 0 aliphatic heterocycles. The van der Waals surface area contributed by atoms with Crippen LogP contribution in [0.2, 0.25) is 0 Å². The second kappa shape index (κ2) is 5.70. The molecule has 0 unspecified atom stereocenters. The van der Waals surface area contributed by atoms with Crippen molar-refractivity contribution in [3.63, 3.8) is 0 Å². The fraction of sp³-hybridized carbons (Fsp3) is 0.583. The van der Waals surface area contributed by atoms with Crippen LogP contribution in [0, 0.1) is 0 Å². The minimum absolute atomic E-state index is 0.117. The number of hydrogen-bond acceptors (Lipinski definition) is 4. The summed E-state index contributed by atoms with van der Waals surface area (Å²) in [6, 6.07) is 1.91. The molecule has 4 heteroatoms. The Hall–Kier alpha value is -1.29. The van der Waals surface area contributed by atoms with Gasteiger partial charge in [-0.1, -0.05) is 0 Å². The van der Waals surface area contributed by atoms with Gasteiger partial charge in [-0.15, -0.1) is 0 Å². The Bertz CT molecular complexity index is 321. The first-order valence-corrected chi connectivity index (χ1v) is 5.41. The van der Waals surface area contributed by atoms with E-state index >= 15 is 0 Å². The highest BCUT2D eigenvalue weighted by atomic mass is 16.5. The van der Waals surface area contributed by atoms with Crippen molar-refractivity contribution in [2.24, 2.45) is 0 Å². The molecule has 0 aromatic carbocycles. The first-order chi connectivity index (χ1) is 7.51. The van der Waals surface area contributed by atoms with E-state index in [4.69, 9.17) is 9.47 Å². The van der Waals surface area contributed by atoms with Gasteiger partial charge in [0.25, 0.3) is 0 Å². The maximum atomic E-state index is 5.55. The Morgan fingerprint density at radius 3 is 2.62 bits per heavy atom. The molecule has 1 rings (SSSR count). The van der Waals surface area contributed by atoms with E-state index in [1.54, 1.807) is 12.4 Å². The number of nitrogens with one attached hydrogen (secondary N) is 1. The van der Waals surface area contributed by atoms with Gasteiger partial charge < -0.3 is 14.8 Å². The third-order valence-electron chi connectivity index (χ3n) is 1.89. The minimum Gasteiger partial charge on any atom is -0.489 e. The Kier molecular flexibility index (Phi) is 4.55. The maximum absolute atomic E-state index is 5.55. The maximum Gasteiger partial charge on any atom is 0.139 e. The van der Waals surface area contributed by atoms with Crippen molar-refractivity contribution >= 4 is 5.69 Å². The molecule has 0 aliphatic rings. The van der Waals surface area contributed by atoms with Crippen molar-refractivity contribution in [3.05, 3.63) is 18.5 Å². The summed E-state index contributed by atoms with van der Waals surface area (Å²) in [4.78, 5) is 4.05. The van der Waals surface area contributed by atoms with Gasteiger partial charge in [0, 0.05) is 13.1 Å². The third kappa shape index (κ3) is 4.98. The molecule has 0 saturated heterocycles. The summed E-state index contributed by atoms with van der Waals surface area (Å²) in [5.41, 5.74) is 0.822. The third-order valence-corrected chi connectivity index (χ3v) is 1.89. The van der Waals surface area contributed by atoms with Crippen molar-refractivity contribution in [3.8, 4) is 5.75 Å². The predicted octanol–water partition coefficient (Wildman–Crippen LogP) is 2.32. The second-order valence-electron chi connectivity index (χ2n) is 4.47. The smallest absolute Gasteiger partial charge is 0.139 e. The van der Waals surface area contributed by atoms with Gasteiger partial charge in [0.2, 0.25) is 0 Å². The molecular weight excluding hydrogens is 204 g/mol. The van der Waals surface area contributed by atoms with E-state index in [1.165, 1.54) is 0 Å². The van der Waals surface area contributed by atoms with Gasteiger partial charge in [0.05, 0.1) is 30.3 Å². The van der Waals surface area contributed by atoms with Crippen molar-refractivity contribution in [1.29, 1.82) is 0 Å². The lowest BCUT2D eigenvalue weighted by Crippen LogP contribution is -2.22. The molecule has 90 valence electrons. The number of rotatable bonds is 5. The molecule has 0 spiro atoms. The molecule has 0 atom stereocenters. The molecule has 0 aliphatic carbocycles. The lowest BCUT2D eigenvalue weighted by molar-refractivity contribution is -0.0163. The van der Waals surface area contributed by atoms with Crippen molar-refractivity contribution in [1.82, 2.24) is 4.98 Å². The fourth-order valence-electron chi connectivity index (χ4n) is 1.14. The molecule has 16 heavy (non-hydrogen) atoms. The molecular formula is C12H20N2O2. The van der Waals surface area contributed by atoms with E-state index in [-0.39, 0.29) is 5.60 Å². The lowest BCUT2D eigenvalue weighted by Gasteiger charge is -2.19. The minimum atomic E-state index is -0.117. The zero-order chi connectivity index (χ0) is 12.0. The zero-order valence-electron chi connectivity index (χ0n) is 10.4. The van der Waals surface area contributed by atoms with Gasteiger partial charge in [0.1, 0.15) is 12.4 Å². The van der Waals surface area contributed by atoms with Crippen LogP contribution in [-0.4, -0.2) is 30.8 Å². The molecule has 1 heterocycles. The number of nitrogens with zero attached hydrogens (tertiary/aromatic N) is 1. The Balaban J connectivity index is 2.32. The van der Waals surface area contributed by atoms with Crippen molar-refractivity contribution in [2.45, 2.75) is 26.4 Å². The van der Waals surface area contributed by atoms with E-state index in [2.05, 4.69) is 10.3 Å². The number of hydrogen-bond donors (Lipinski definition) is 1. The summed E-state index contributed by atoms with van der Waals surface area (Å²) < 4.78 is 11.1. The van der Waals surface area contributed by atoms with Crippen LogP contribution in [0.3, 0.4) is 0 Å². The summed E-state index contributed by atoms with van der Waals surface area (Å²) in [7, 11) is 1.85. The average Bonchev–Trinajstić information content (AvgIpc) is 2.23. The first-order valence-electron chi connectivity index (χ1n) is 5.41. The Labute approximate surface area is 97.0 Å². The molecule has 0 amide bonds. The normalized spacial score (nSPS) is 11.2. The van der Waals surface area contributed by atoms with Crippen LogP contribution in [0.5, 0.6) is 5.75 Å². The molecule has 0 fully saturated rings. The van der Waals surface area contributed by atoms with Crippen molar-refractivity contribution in [2.75, 3.05) is 25.6 Å². The summed E-state index contributed by atoms with van der Waals surface area (Å²) >= 11 is 0. The second-order valence-corrected chi connectivity index (χ2v) is 4.47. The number of pyridine rings is 1. The molecule has 4 nitrogen and oxygen atoms in total. The van der Waals surface area contributed by atoms with E-state index in [1.807, 2.05) is 33.9 Å². The lowest BCUT2D eigenvalue weighted by atomic mass is 10.2. The largest absolute Gasteiger partial charge is 0.489 e. The summed E-state index contributed by atoms with van der Waals surface area (Å²) in [5, 5.41) is 3.01. The Morgan fingerprint density at radius 1 is 1.25 bits per heavy atom. The van der Waals surface area contributed by atoms with E-state index in [0.717, 1.165) is 11.4 Å². The molecule has 1 aromatic heterocycles. The molecule has 0 bridgehead atoms. The van der Waals surface area contributed by atoms with Crippen LogP contribution < -0.4 is 10.1 Å². The van der Waals surface area contributed by atoms with Crippen LogP contribution in [0.15, 0.2) is 18.5 Å². The first kappa shape index (κ1) is 12.8. The molecule has 1 aromatic rings. The van der Waals surface area contributed by atoms with E-state index < -0.39 is 0 Å². The van der Waals surface area contributed by atoms with Crippen LogP contribution in [-0.2, 0) is 4.74 Å². The summed E-state index contributed by atoms with van der Waals surface area (Å²) in [6.07, 6.45) is 3.44. The quantitative estimate of drug-likeness (QED) is 0.779. The topological polar surface area (TPSA) is 43.4 Å². The molecule has 0 radical (unpaired) electrons. The number of anilines is 1. The van der Waals surface area contributed by atoms with E-state index in [9.17, 15) is 0 Å². The highest BCUT2D eigenvalue weighted by Crippen LogP contribution is 2.14. The average molecular weight is 224 g/mol. The van der Waals surface area contributed by atoms with Gasteiger partial charge in [-0.2, -0.15) is 0 Å². The van der Waals surface area contributed by atoms with Crippen LogP contribution in [0.1, 0.15) is 20.8 Å². The number of ether oxygens (including phenoxy) is 2. The van der Waals surface area contributed by atoms with Crippen LogP contribution >= 0.6 is 0 Å². The van der Waals surface area contributed by atoms with Crippen LogP contribution in [0.25, 0.3) is 0 Å². The fourth-order valence-corrected chi connectivity index (χ4v) is 1.14. The van der Waals surface area contributed by atoms with Crippen LogP contribution in [0.4, 0.5) is 5.69 Å². The summed E-state index contributed by atoms with van der Waals surface area (Å²) in [6.45, 7) is 7.18. The van der Waals surface area contributed by atoms with Gasteiger partial charge in [-0.3, -0.25) is 4.98 Å².